The summed E-state index contributed by atoms with van der Waals surface area (Å²) in [7, 11) is 0. The van der Waals surface area contributed by atoms with Crippen molar-refractivity contribution in [2.24, 2.45) is 0 Å². The number of esters is 1. The maximum absolute atomic E-state index is 13.4. The van der Waals surface area contributed by atoms with Crippen LogP contribution < -0.4 is 9.47 Å². The fraction of sp³-hybridized carbons (Fsp3) is 0.133. The van der Waals surface area contributed by atoms with Gasteiger partial charge in [-0.2, -0.15) is 8.78 Å². The van der Waals surface area contributed by atoms with Crippen LogP contribution >= 0.6 is 0 Å². The average Bonchev–Trinajstić information content (AvgIpc) is 2.56. The molecule has 0 fully saturated rings. The molecule has 0 aliphatic heterocycles. The molecule has 122 valence electrons. The third-order valence-electron chi connectivity index (χ3n) is 2.77. The Morgan fingerprint density at radius 2 is 1.35 bits per heavy atom. The Hall–Kier alpha value is -2.64. The second kappa shape index (κ2) is 6.64. The van der Waals surface area contributed by atoms with E-state index in [1.54, 1.807) is 6.92 Å². The molecule has 0 N–H and O–H groups in total. The first-order valence-electron chi connectivity index (χ1n) is 6.33. The molecule has 0 aliphatic carbocycles. The zero-order valence-corrected chi connectivity index (χ0v) is 11.6. The highest BCUT2D eigenvalue weighted by atomic mass is 19.2. The fourth-order valence-electron chi connectivity index (χ4n) is 1.68. The molecule has 2 aromatic carbocycles. The maximum Gasteiger partial charge on any atom is 0.343 e. The van der Waals surface area contributed by atoms with E-state index in [0.717, 1.165) is 0 Å². The molecule has 2 aromatic rings. The maximum atomic E-state index is 13.4. The molecule has 0 bridgehead atoms. The van der Waals surface area contributed by atoms with E-state index in [9.17, 15) is 26.7 Å². The first-order valence-corrected chi connectivity index (χ1v) is 6.33. The van der Waals surface area contributed by atoms with E-state index in [-0.39, 0.29) is 5.56 Å². The molecule has 0 radical (unpaired) electrons. The van der Waals surface area contributed by atoms with Crippen molar-refractivity contribution in [2.45, 2.75) is 6.92 Å². The normalized spacial score (nSPS) is 10.5. The van der Waals surface area contributed by atoms with Crippen LogP contribution in [0.1, 0.15) is 17.3 Å². The van der Waals surface area contributed by atoms with Crippen LogP contribution in [0.3, 0.4) is 0 Å². The highest BCUT2D eigenvalue weighted by Crippen LogP contribution is 2.29. The van der Waals surface area contributed by atoms with Gasteiger partial charge in [0.05, 0.1) is 12.2 Å². The minimum absolute atomic E-state index is 0.155. The second-order valence-corrected chi connectivity index (χ2v) is 4.25. The number of halogens is 5. The van der Waals surface area contributed by atoms with E-state index in [4.69, 9.17) is 4.74 Å². The molecular weight excluding hydrogens is 323 g/mol. The van der Waals surface area contributed by atoms with Crippen molar-refractivity contribution in [1.29, 1.82) is 0 Å². The lowest BCUT2D eigenvalue weighted by molar-refractivity contribution is 0.0716. The molecule has 2 rings (SSSR count). The van der Waals surface area contributed by atoms with Crippen molar-refractivity contribution in [3.63, 3.8) is 0 Å². The summed E-state index contributed by atoms with van der Waals surface area (Å²) in [5, 5.41) is 0. The number of carbonyl (C=O) groups is 1. The van der Waals surface area contributed by atoms with Gasteiger partial charge in [-0.25, -0.2) is 18.0 Å². The number of carbonyl (C=O) groups excluding carboxylic acids is 1. The smallest absolute Gasteiger partial charge is 0.343 e. The highest BCUT2D eigenvalue weighted by molar-refractivity contribution is 5.91. The van der Waals surface area contributed by atoms with Crippen LogP contribution in [0, 0.1) is 29.1 Å². The summed E-state index contributed by atoms with van der Waals surface area (Å²) < 4.78 is 75.2. The molecule has 0 unspecified atom stereocenters. The van der Waals surface area contributed by atoms with Gasteiger partial charge >= 0.3 is 5.97 Å². The molecule has 3 nitrogen and oxygen atoms in total. The SMILES string of the molecule is CCOc1ccc(C(=O)Oc2c(F)c(F)c(F)c(F)c2F)cc1. The highest BCUT2D eigenvalue weighted by Gasteiger charge is 2.28. The number of hydrogen-bond acceptors (Lipinski definition) is 3. The van der Waals surface area contributed by atoms with Crippen molar-refractivity contribution >= 4 is 5.97 Å². The number of ether oxygens (including phenoxy) is 2. The number of benzene rings is 2. The Balaban J connectivity index is 2.30. The lowest BCUT2D eigenvalue weighted by Crippen LogP contribution is -2.13. The summed E-state index contributed by atoms with van der Waals surface area (Å²) in [6.45, 7) is 2.12. The van der Waals surface area contributed by atoms with Crippen LogP contribution in [0.5, 0.6) is 11.5 Å². The van der Waals surface area contributed by atoms with Crippen molar-refractivity contribution in [3.05, 3.63) is 58.9 Å². The Kier molecular flexibility index (Phi) is 4.83. The third-order valence-corrected chi connectivity index (χ3v) is 2.77. The molecule has 0 spiro atoms. The van der Waals surface area contributed by atoms with Crippen molar-refractivity contribution in [3.8, 4) is 11.5 Å². The van der Waals surface area contributed by atoms with E-state index in [2.05, 4.69) is 4.74 Å². The quantitative estimate of drug-likeness (QED) is 0.279. The lowest BCUT2D eigenvalue weighted by atomic mass is 10.2. The second-order valence-electron chi connectivity index (χ2n) is 4.25. The average molecular weight is 332 g/mol. The van der Waals surface area contributed by atoms with E-state index < -0.39 is 40.8 Å². The topological polar surface area (TPSA) is 35.5 Å². The first kappa shape index (κ1) is 16.7. The summed E-state index contributed by atoms with van der Waals surface area (Å²) in [6.07, 6.45) is 0. The van der Waals surface area contributed by atoms with Gasteiger partial charge in [0.2, 0.25) is 34.8 Å². The van der Waals surface area contributed by atoms with Gasteiger partial charge in [-0.3, -0.25) is 0 Å². The Bertz CT molecular complexity index is 715. The lowest BCUT2D eigenvalue weighted by Gasteiger charge is -2.09. The van der Waals surface area contributed by atoms with Crippen LogP contribution in [0.2, 0.25) is 0 Å². The summed E-state index contributed by atoms with van der Waals surface area (Å²) in [6, 6.07) is 5.22. The molecule has 23 heavy (non-hydrogen) atoms. The van der Waals surface area contributed by atoms with Crippen molar-refractivity contribution < 1.29 is 36.2 Å². The zero-order valence-electron chi connectivity index (χ0n) is 11.6. The summed E-state index contributed by atoms with van der Waals surface area (Å²) in [5.74, 6) is -13.7. The Labute approximate surface area is 127 Å². The van der Waals surface area contributed by atoms with Gasteiger partial charge in [0, 0.05) is 0 Å². The molecule has 0 amide bonds. The number of hydrogen-bond donors (Lipinski definition) is 0. The summed E-state index contributed by atoms with van der Waals surface area (Å²) in [5.41, 5.74) is -0.155. The number of rotatable bonds is 4. The monoisotopic (exact) mass is 332 g/mol. The minimum atomic E-state index is -2.33. The van der Waals surface area contributed by atoms with Gasteiger partial charge < -0.3 is 9.47 Å². The third kappa shape index (κ3) is 3.25. The van der Waals surface area contributed by atoms with Gasteiger partial charge in [0.25, 0.3) is 0 Å². The zero-order chi connectivity index (χ0) is 17.1. The Morgan fingerprint density at radius 3 is 1.83 bits per heavy atom. The molecule has 0 aromatic heterocycles. The minimum Gasteiger partial charge on any atom is -0.494 e. The largest absolute Gasteiger partial charge is 0.494 e. The van der Waals surface area contributed by atoms with Gasteiger partial charge in [-0.1, -0.05) is 0 Å². The van der Waals surface area contributed by atoms with E-state index in [0.29, 0.717) is 12.4 Å². The standard InChI is InChI=1S/C15H9F5O3/c1-2-22-8-5-3-7(4-6-8)15(21)23-14-12(19)10(17)9(16)11(18)13(14)20/h3-6H,2H2,1H3. The van der Waals surface area contributed by atoms with Crippen LogP contribution in [-0.4, -0.2) is 12.6 Å². The molecule has 0 saturated carbocycles. The Morgan fingerprint density at radius 1 is 0.870 bits per heavy atom. The molecule has 0 aliphatic rings. The van der Waals surface area contributed by atoms with Gasteiger partial charge in [0.15, 0.2) is 0 Å². The van der Waals surface area contributed by atoms with Crippen molar-refractivity contribution in [2.75, 3.05) is 6.61 Å². The van der Waals surface area contributed by atoms with E-state index in [1.807, 2.05) is 0 Å². The van der Waals surface area contributed by atoms with Crippen LogP contribution in [0.25, 0.3) is 0 Å². The van der Waals surface area contributed by atoms with E-state index >= 15 is 0 Å². The van der Waals surface area contributed by atoms with E-state index in [1.165, 1.54) is 24.3 Å². The molecular formula is C15H9F5O3. The summed E-state index contributed by atoms with van der Waals surface area (Å²) in [4.78, 5) is 11.8. The van der Waals surface area contributed by atoms with Gasteiger partial charge in [-0.15, -0.1) is 0 Å². The van der Waals surface area contributed by atoms with Gasteiger partial charge in [0.1, 0.15) is 5.75 Å². The van der Waals surface area contributed by atoms with Crippen LogP contribution in [-0.2, 0) is 0 Å². The predicted molar refractivity (Wildman–Crippen MR) is 68.8 cm³/mol. The van der Waals surface area contributed by atoms with Crippen LogP contribution in [0.15, 0.2) is 24.3 Å². The molecule has 8 heteroatoms. The molecule has 0 heterocycles. The molecule has 0 atom stereocenters. The first-order chi connectivity index (χ1) is 10.9. The predicted octanol–water partition coefficient (Wildman–Crippen LogP) is 4.00. The van der Waals surface area contributed by atoms with Crippen molar-refractivity contribution in [1.82, 2.24) is 0 Å². The summed E-state index contributed by atoms with van der Waals surface area (Å²) >= 11 is 0. The van der Waals surface area contributed by atoms with Gasteiger partial charge in [-0.05, 0) is 31.2 Å². The molecule has 0 saturated heterocycles. The fourth-order valence-corrected chi connectivity index (χ4v) is 1.68. The van der Waals surface area contributed by atoms with Crippen LogP contribution in [0.4, 0.5) is 22.0 Å².